The number of rotatable bonds is 6. The van der Waals surface area contributed by atoms with Crippen LogP contribution in [0.4, 0.5) is 16.0 Å². The smallest absolute Gasteiger partial charge is 0.294 e. The Balaban J connectivity index is 1.62. The van der Waals surface area contributed by atoms with Crippen LogP contribution in [0.5, 0.6) is 11.5 Å². The second-order valence-electron chi connectivity index (χ2n) is 6.70. The van der Waals surface area contributed by atoms with Gasteiger partial charge >= 0.3 is 0 Å². The molecular formula is C22H19FN4O3. The van der Waals surface area contributed by atoms with E-state index in [0.29, 0.717) is 29.2 Å². The van der Waals surface area contributed by atoms with Crippen LogP contribution in [0.2, 0.25) is 0 Å². The van der Waals surface area contributed by atoms with Crippen LogP contribution in [-0.2, 0) is 13.5 Å². The maximum Gasteiger partial charge on any atom is 0.294 e. The number of hydrogen-bond acceptors (Lipinski definition) is 6. The first-order valence-electron chi connectivity index (χ1n) is 9.30. The van der Waals surface area contributed by atoms with Crippen molar-refractivity contribution in [2.75, 3.05) is 11.9 Å². The molecule has 0 fully saturated rings. The molecule has 2 N–H and O–H groups in total. The predicted molar refractivity (Wildman–Crippen MR) is 112 cm³/mol. The van der Waals surface area contributed by atoms with Gasteiger partial charge in [0.1, 0.15) is 17.2 Å². The fourth-order valence-corrected chi connectivity index (χ4v) is 2.99. The van der Waals surface area contributed by atoms with Gasteiger partial charge in [-0.25, -0.2) is 9.37 Å². The van der Waals surface area contributed by atoms with E-state index in [2.05, 4.69) is 15.3 Å². The first kappa shape index (κ1) is 19.5. The Morgan fingerprint density at radius 3 is 2.57 bits per heavy atom. The van der Waals surface area contributed by atoms with Crippen molar-refractivity contribution in [2.24, 2.45) is 7.05 Å². The van der Waals surface area contributed by atoms with Crippen LogP contribution in [0.15, 0.2) is 65.6 Å². The van der Waals surface area contributed by atoms with E-state index in [1.54, 1.807) is 19.3 Å². The number of nitrogens with one attached hydrogen (secondary N) is 1. The minimum absolute atomic E-state index is 0.0976. The molecule has 7 nitrogen and oxygen atoms in total. The number of halogens is 1. The Morgan fingerprint density at radius 1 is 1.13 bits per heavy atom. The van der Waals surface area contributed by atoms with Gasteiger partial charge in [-0.3, -0.25) is 9.36 Å². The highest BCUT2D eigenvalue weighted by molar-refractivity contribution is 5.77. The molecule has 0 unspecified atom stereocenters. The fourth-order valence-electron chi connectivity index (χ4n) is 2.99. The quantitative estimate of drug-likeness (QED) is 0.509. The average molecular weight is 406 g/mol. The van der Waals surface area contributed by atoms with Crippen LogP contribution in [0, 0.1) is 5.82 Å². The molecule has 152 valence electrons. The Labute approximate surface area is 171 Å². The van der Waals surface area contributed by atoms with Gasteiger partial charge in [-0.15, -0.1) is 0 Å². The summed E-state index contributed by atoms with van der Waals surface area (Å²) in [6.07, 6.45) is 2.19. The molecule has 0 amide bonds. The van der Waals surface area contributed by atoms with Gasteiger partial charge in [0.25, 0.3) is 5.56 Å². The summed E-state index contributed by atoms with van der Waals surface area (Å²) >= 11 is 0. The minimum Gasteiger partial charge on any atom is -0.452 e. The first-order chi connectivity index (χ1) is 14.5. The van der Waals surface area contributed by atoms with Crippen LogP contribution < -0.4 is 15.6 Å². The monoisotopic (exact) mass is 406 g/mol. The van der Waals surface area contributed by atoms with Gasteiger partial charge < -0.3 is 15.2 Å². The van der Waals surface area contributed by atoms with Crippen LogP contribution in [0.3, 0.4) is 0 Å². The molecule has 2 aromatic heterocycles. The van der Waals surface area contributed by atoms with Gasteiger partial charge in [-0.1, -0.05) is 12.1 Å². The largest absolute Gasteiger partial charge is 0.452 e. The summed E-state index contributed by atoms with van der Waals surface area (Å²) in [5.41, 5.74) is 1.89. The van der Waals surface area contributed by atoms with Crippen LogP contribution in [0.25, 0.3) is 11.0 Å². The summed E-state index contributed by atoms with van der Waals surface area (Å²) in [5.74, 6) is 0.418. The van der Waals surface area contributed by atoms with Crippen molar-refractivity contribution in [3.63, 3.8) is 0 Å². The summed E-state index contributed by atoms with van der Waals surface area (Å²) in [5, 5.41) is 12.7. The van der Waals surface area contributed by atoms with E-state index in [1.165, 1.54) is 28.8 Å². The molecule has 0 saturated heterocycles. The summed E-state index contributed by atoms with van der Waals surface area (Å²) in [6.45, 7) is 0.0987. The van der Waals surface area contributed by atoms with E-state index >= 15 is 0 Å². The highest BCUT2D eigenvalue weighted by Crippen LogP contribution is 2.23. The summed E-state index contributed by atoms with van der Waals surface area (Å²) in [7, 11) is 1.60. The van der Waals surface area contributed by atoms with Crippen molar-refractivity contribution in [3.05, 3.63) is 82.5 Å². The molecule has 0 saturated carbocycles. The van der Waals surface area contributed by atoms with E-state index in [4.69, 9.17) is 9.84 Å². The lowest BCUT2D eigenvalue weighted by Crippen LogP contribution is -2.19. The van der Waals surface area contributed by atoms with Crippen molar-refractivity contribution >= 4 is 22.7 Å². The van der Waals surface area contributed by atoms with Crippen LogP contribution >= 0.6 is 0 Å². The van der Waals surface area contributed by atoms with Crippen molar-refractivity contribution in [1.82, 2.24) is 14.5 Å². The lowest BCUT2D eigenvalue weighted by Gasteiger charge is -2.11. The number of nitrogens with zero attached hydrogens (tertiary/aromatic N) is 3. The molecule has 4 rings (SSSR count). The van der Waals surface area contributed by atoms with Gasteiger partial charge in [0.2, 0.25) is 5.95 Å². The third-order valence-corrected chi connectivity index (χ3v) is 4.57. The third kappa shape index (κ3) is 4.13. The fraction of sp³-hybridized carbons (Fsp3) is 0.136. The number of fused-ring (bicyclic) bond motifs is 1. The van der Waals surface area contributed by atoms with Crippen molar-refractivity contribution in [3.8, 4) is 11.5 Å². The van der Waals surface area contributed by atoms with Crippen LogP contribution in [0.1, 0.15) is 5.56 Å². The van der Waals surface area contributed by atoms with Gasteiger partial charge in [0.05, 0.1) is 0 Å². The molecule has 8 heteroatoms. The summed E-state index contributed by atoms with van der Waals surface area (Å²) in [4.78, 5) is 21.4. The van der Waals surface area contributed by atoms with Crippen LogP contribution in [-0.4, -0.2) is 26.2 Å². The maximum atomic E-state index is 13.1. The van der Waals surface area contributed by atoms with E-state index in [1.807, 2.05) is 24.3 Å². The predicted octanol–water partition coefficient (Wildman–Crippen LogP) is 3.54. The number of hydrogen-bond donors (Lipinski definition) is 2. The second kappa shape index (κ2) is 8.30. The summed E-state index contributed by atoms with van der Waals surface area (Å²) < 4.78 is 20.1. The standard InChI is InChI=1S/C22H19FN4O3/c1-27-20-15(12-19(21(27)29)30-18-8-4-16(23)5-9-18)13-24-22(26-20)25-17-6-2-14(3-7-17)10-11-28/h2-9,12-13,28H,10-11H2,1H3,(H,24,25,26). The van der Waals surface area contributed by atoms with E-state index in [-0.39, 0.29) is 23.7 Å². The molecule has 0 aliphatic rings. The molecule has 0 atom stereocenters. The molecule has 0 bridgehead atoms. The molecule has 4 aromatic rings. The molecule has 0 radical (unpaired) electrons. The SMILES string of the molecule is Cn1c(=O)c(Oc2ccc(F)cc2)cc2cnc(Nc3ccc(CCO)cc3)nc21. The lowest BCUT2D eigenvalue weighted by atomic mass is 10.1. The Hall–Kier alpha value is -3.78. The minimum atomic E-state index is -0.384. The number of pyridine rings is 1. The van der Waals surface area contributed by atoms with E-state index < -0.39 is 0 Å². The molecule has 2 aromatic carbocycles. The molecule has 0 spiro atoms. The second-order valence-corrected chi connectivity index (χ2v) is 6.70. The average Bonchev–Trinajstić information content (AvgIpc) is 2.75. The van der Waals surface area contributed by atoms with Crippen molar-refractivity contribution < 1.29 is 14.2 Å². The van der Waals surface area contributed by atoms with Crippen molar-refractivity contribution in [1.29, 1.82) is 0 Å². The van der Waals surface area contributed by atoms with Crippen molar-refractivity contribution in [2.45, 2.75) is 6.42 Å². The lowest BCUT2D eigenvalue weighted by molar-refractivity contribution is 0.299. The van der Waals surface area contributed by atoms with E-state index in [0.717, 1.165) is 11.3 Å². The number of aryl methyl sites for hydroxylation is 1. The highest BCUT2D eigenvalue weighted by atomic mass is 19.1. The van der Waals surface area contributed by atoms with Gasteiger partial charge in [0, 0.05) is 30.9 Å². The maximum absolute atomic E-state index is 13.1. The zero-order valence-corrected chi connectivity index (χ0v) is 16.2. The highest BCUT2D eigenvalue weighted by Gasteiger charge is 2.12. The normalized spacial score (nSPS) is 10.9. The number of ether oxygens (including phenoxy) is 1. The van der Waals surface area contributed by atoms with Gasteiger partial charge in [-0.05, 0) is 54.4 Å². The number of aliphatic hydroxyl groups is 1. The zero-order valence-electron chi connectivity index (χ0n) is 16.2. The molecular weight excluding hydrogens is 387 g/mol. The zero-order chi connectivity index (χ0) is 21.1. The topological polar surface area (TPSA) is 89.3 Å². The molecule has 30 heavy (non-hydrogen) atoms. The van der Waals surface area contributed by atoms with Gasteiger partial charge in [-0.2, -0.15) is 4.98 Å². The molecule has 0 aliphatic heterocycles. The first-order valence-corrected chi connectivity index (χ1v) is 9.30. The number of aliphatic hydroxyl groups excluding tert-OH is 1. The number of benzene rings is 2. The summed E-state index contributed by atoms with van der Waals surface area (Å²) in [6, 6.07) is 14.6. The Bertz CT molecular complexity index is 1240. The third-order valence-electron chi connectivity index (χ3n) is 4.57. The Kier molecular flexibility index (Phi) is 5.40. The Morgan fingerprint density at radius 2 is 1.87 bits per heavy atom. The van der Waals surface area contributed by atoms with Gasteiger partial charge in [0.15, 0.2) is 5.75 Å². The molecule has 2 heterocycles. The number of aromatic nitrogens is 3. The molecule has 0 aliphatic carbocycles. The number of anilines is 2. The van der Waals surface area contributed by atoms with E-state index in [9.17, 15) is 9.18 Å².